The fraction of sp³-hybridized carbons (Fsp3) is 0.526. The molecule has 2 atom stereocenters. The maximum Gasteiger partial charge on any atom is 0.226 e. The number of benzene rings is 1. The predicted molar refractivity (Wildman–Crippen MR) is 109 cm³/mol. The van der Waals surface area contributed by atoms with Gasteiger partial charge in [-0.3, -0.25) is 0 Å². The molecule has 0 fully saturated rings. The number of aromatic nitrogens is 3. The van der Waals surface area contributed by atoms with Crippen LogP contribution in [-0.4, -0.2) is 41.1 Å². The van der Waals surface area contributed by atoms with E-state index in [1.54, 1.807) is 12.1 Å². The van der Waals surface area contributed by atoms with E-state index in [0.717, 1.165) is 5.56 Å². The lowest BCUT2D eigenvalue weighted by atomic mass is 9.97. The van der Waals surface area contributed by atoms with Crippen molar-refractivity contribution in [3.63, 3.8) is 0 Å². The molecule has 29 heavy (non-hydrogen) atoms. The Hall–Kier alpha value is -2.17. The zero-order valence-corrected chi connectivity index (χ0v) is 17.7. The molecular formula is C19H28FN5O3S. The third kappa shape index (κ3) is 8.00. The van der Waals surface area contributed by atoms with E-state index in [-0.39, 0.29) is 36.2 Å². The van der Waals surface area contributed by atoms with Gasteiger partial charge in [0.1, 0.15) is 17.4 Å². The topological polar surface area (TPSA) is 131 Å². The van der Waals surface area contributed by atoms with Gasteiger partial charge in [0.2, 0.25) is 16.0 Å². The molecule has 0 unspecified atom stereocenters. The fourth-order valence-electron chi connectivity index (χ4n) is 2.98. The third-order valence-corrected chi connectivity index (χ3v) is 4.96. The standard InChI is InChI=1S/C19H28FN5O3S/c1-12(2)8-16(10-26)22-19-24-17(23-18(25-19)11-29(21,27)28)9-13(3)14-4-6-15(20)7-5-14/h4-7,12-13,16,26H,8-11H2,1-3H3,(H2,21,27,28)(H,22,23,24,25)/t13-,16+/m0/s1. The maximum atomic E-state index is 13.2. The van der Waals surface area contributed by atoms with Gasteiger partial charge in [-0.25, -0.2) is 22.9 Å². The van der Waals surface area contributed by atoms with E-state index in [9.17, 15) is 17.9 Å². The summed E-state index contributed by atoms with van der Waals surface area (Å²) >= 11 is 0. The lowest BCUT2D eigenvalue weighted by Gasteiger charge is -2.19. The molecular weight excluding hydrogens is 397 g/mol. The molecule has 1 aromatic heterocycles. The number of sulfonamides is 1. The van der Waals surface area contributed by atoms with Crippen LogP contribution < -0.4 is 10.5 Å². The summed E-state index contributed by atoms with van der Waals surface area (Å²) in [6.07, 6.45) is 1.09. The molecule has 10 heteroatoms. The number of hydrogen-bond donors (Lipinski definition) is 3. The van der Waals surface area contributed by atoms with E-state index in [0.29, 0.717) is 24.6 Å². The Labute approximate surface area is 170 Å². The molecule has 1 aromatic carbocycles. The molecule has 1 heterocycles. The summed E-state index contributed by atoms with van der Waals surface area (Å²) in [5.41, 5.74) is 0.905. The predicted octanol–water partition coefficient (Wildman–Crippen LogP) is 1.96. The highest BCUT2D eigenvalue weighted by Gasteiger charge is 2.17. The maximum absolute atomic E-state index is 13.2. The Morgan fingerprint density at radius 3 is 2.28 bits per heavy atom. The summed E-state index contributed by atoms with van der Waals surface area (Å²) in [6, 6.07) is 5.88. The van der Waals surface area contributed by atoms with Crippen molar-refractivity contribution < 1.29 is 17.9 Å². The first-order valence-corrected chi connectivity index (χ1v) is 11.1. The van der Waals surface area contributed by atoms with Crippen molar-refractivity contribution in [1.82, 2.24) is 15.0 Å². The van der Waals surface area contributed by atoms with Crippen LogP contribution >= 0.6 is 0 Å². The largest absolute Gasteiger partial charge is 0.394 e. The van der Waals surface area contributed by atoms with Crippen LogP contribution in [-0.2, 0) is 22.2 Å². The Balaban J connectivity index is 2.29. The van der Waals surface area contributed by atoms with Gasteiger partial charge >= 0.3 is 0 Å². The first kappa shape index (κ1) is 23.1. The number of aliphatic hydroxyl groups is 1. The van der Waals surface area contributed by atoms with Gasteiger partial charge in [0, 0.05) is 6.42 Å². The highest BCUT2D eigenvalue weighted by Crippen LogP contribution is 2.20. The van der Waals surface area contributed by atoms with Gasteiger partial charge in [0.05, 0.1) is 12.6 Å². The molecule has 4 N–H and O–H groups in total. The van der Waals surface area contributed by atoms with Crippen molar-refractivity contribution in [3.8, 4) is 0 Å². The van der Waals surface area contributed by atoms with E-state index < -0.39 is 15.8 Å². The second kappa shape index (κ2) is 10.0. The molecule has 0 aliphatic heterocycles. The highest BCUT2D eigenvalue weighted by atomic mass is 32.2. The minimum atomic E-state index is -3.82. The first-order valence-electron chi connectivity index (χ1n) is 9.43. The molecule has 0 amide bonds. The SMILES string of the molecule is CC(C)C[C@H](CO)Nc1nc(C[C@H](C)c2ccc(F)cc2)nc(CS(N)(=O)=O)n1. The molecule has 0 aliphatic rings. The quantitative estimate of drug-likeness (QED) is 0.530. The van der Waals surface area contributed by atoms with Crippen LogP contribution in [0.2, 0.25) is 0 Å². The van der Waals surface area contributed by atoms with Crippen molar-refractivity contribution >= 4 is 16.0 Å². The summed E-state index contributed by atoms with van der Waals surface area (Å²) in [7, 11) is -3.82. The molecule has 2 rings (SSSR count). The number of nitrogens with one attached hydrogen (secondary N) is 1. The van der Waals surface area contributed by atoms with Crippen molar-refractivity contribution in [1.29, 1.82) is 0 Å². The van der Waals surface area contributed by atoms with E-state index in [1.165, 1.54) is 12.1 Å². The van der Waals surface area contributed by atoms with Gasteiger partial charge in [-0.05, 0) is 36.0 Å². The molecule has 0 saturated carbocycles. The average Bonchev–Trinajstić information content (AvgIpc) is 2.59. The minimum Gasteiger partial charge on any atom is -0.394 e. The minimum absolute atomic E-state index is 0.0301. The molecule has 2 aromatic rings. The zero-order chi connectivity index (χ0) is 21.6. The lowest BCUT2D eigenvalue weighted by Crippen LogP contribution is -2.28. The first-order chi connectivity index (χ1) is 13.6. The summed E-state index contributed by atoms with van der Waals surface area (Å²) < 4.78 is 36.2. The van der Waals surface area contributed by atoms with Crippen molar-refractivity contribution in [2.75, 3.05) is 11.9 Å². The number of halogens is 1. The van der Waals surface area contributed by atoms with Gasteiger partial charge in [-0.15, -0.1) is 0 Å². The molecule has 0 bridgehead atoms. The van der Waals surface area contributed by atoms with E-state index in [1.807, 2.05) is 20.8 Å². The normalized spacial score (nSPS) is 14.0. The van der Waals surface area contributed by atoms with Gasteiger partial charge in [-0.1, -0.05) is 32.9 Å². The number of nitrogens with two attached hydrogens (primary N) is 1. The van der Waals surface area contributed by atoms with Crippen LogP contribution in [0.3, 0.4) is 0 Å². The second-order valence-corrected chi connectivity index (χ2v) is 9.22. The average molecular weight is 426 g/mol. The van der Waals surface area contributed by atoms with E-state index in [4.69, 9.17) is 5.14 Å². The zero-order valence-electron chi connectivity index (χ0n) is 16.8. The van der Waals surface area contributed by atoms with Crippen LogP contribution in [0, 0.1) is 11.7 Å². The molecule has 0 spiro atoms. The lowest BCUT2D eigenvalue weighted by molar-refractivity contribution is 0.259. The van der Waals surface area contributed by atoms with Gasteiger partial charge in [0.15, 0.2) is 5.82 Å². The Bertz CT molecular complexity index is 907. The Kier molecular flexibility index (Phi) is 8.00. The number of primary sulfonamides is 1. The Morgan fingerprint density at radius 2 is 1.72 bits per heavy atom. The number of aliphatic hydroxyl groups excluding tert-OH is 1. The van der Waals surface area contributed by atoms with Crippen molar-refractivity contribution in [2.45, 2.75) is 51.3 Å². The van der Waals surface area contributed by atoms with Crippen molar-refractivity contribution in [3.05, 3.63) is 47.3 Å². The monoisotopic (exact) mass is 425 g/mol. The molecule has 0 radical (unpaired) electrons. The molecule has 8 nitrogen and oxygen atoms in total. The van der Waals surface area contributed by atoms with Gasteiger partial charge < -0.3 is 10.4 Å². The molecule has 0 aliphatic carbocycles. The summed E-state index contributed by atoms with van der Waals surface area (Å²) in [4.78, 5) is 12.8. The fourth-order valence-corrected chi connectivity index (χ4v) is 3.47. The second-order valence-electron chi connectivity index (χ2n) is 7.61. The van der Waals surface area contributed by atoms with Crippen LogP contribution in [0.25, 0.3) is 0 Å². The van der Waals surface area contributed by atoms with Gasteiger partial charge in [0.25, 0.3) is 0 Å². The number of anilines is 1. The van der Waals surface area contributed by atoms with Crippen molar-refractivity contribution in [2.24, 2.45) is 11.1 Å². The number of hydrogen-bond acceptors (Lipinski definition) is 7. The van der Waals surface area contributed by atoms with Crippen LogP contribution in [0.4, 0.5) is 10.3 Å². The summed E-state index contributed by atoms with van der Waals surface area (Å²) in [5.74, 6) is 0.0892. The molecule has 160 valence electrons. The van der Waals surface area contributed by atoms with Crippen LogP contribution in [0.5, 0.6) is 0 Å². The van der Waals surface area contributed by atoms with Gasteiger partial charge in [-0.2, -0.15) is 9.97 Å². The van der Waals surface area contributed by atoms with Crippen LogP contribution in [0.15, 0.2) is 24.3 Å². The summed E-state index contributed by atoms with van der Waals surface area (Å²) in [6.45, 7) is 5.88. The molecule has 0 saturated heterocycles. The number of nitrogens with zero attached hydrogens (tertiary/aromatic N) is 3. The Morgan fingerprint density at radius 1 is 1.10 bits per heavy atom. The summed E-state index contributed by atoms with van der Waals surface area (Å²) in [5, 5.41) is 17.8. The van der Waals surface area contributed by atoms with E-state index in [2.05, 4.69) is 20.3 Å². The number of rotatable bonds is 10. The highest BCUT2D eigenvalue weighted by molar-refractivity contribution is 7.88. The van der Waals surface area contributed by atoms with Crippen LogP contribution in [0.1, 0.15) is 50.3 Å². The smallest absolute Gasteiger partial charge is 0.226 e. The third-order valence-electron chi connectivity index (χ3n) is 4.30. The van der Waals surface area contributed by atoms with E-state index >= 15 is 0 Å².